The van der Waals surface area contributed by atoms with Crippen LogP contribution < -0.4 is 5.32 Å². The van der Waals surface area contributed by atoms with E-state index in [9.17, 15) is 0 Å². The highest BCUT2D eigenvalue weighted by molar-refractivity contribution is 6.60. The van der Waals surface area contributed by atoms with Gasteiger partial charge in [-0.3, -0.25) is 0 Å². The van der Waals surface area contributed by atoms with Crippen LogP contribution in [0.4, 0.5) is 0 Å². The predicted molar refractivity (Wildman–Crippen MR) is 75.3 cm³/mol. The summed E-state index contributed by atoms with van der Waals surface area (Å²) in [6.07, 6.45) is 1.03. The summed E-state index contributed by atoms with van der Waals surface area (Å²) in [5.41, 5.74) is 0. The van der Waals surface area contributed by atoms with Gasteiger partial charge >= 0.3 is 8.80 Å². The molecule has 0 fully saturated rings. The van der Waals surface area contributed by atoms with E-state index in [4.69, 9.17) is 13.3 Å². The minimum absolute atomic E-state index is 0. The third kappa shape index (κ3) is 7.53. The van der Waals surface area contributed by atoms with E-state index >= 15 is 0 Å². The molecule has 0 aromatic heterocycles. The van der Waals surface area contributed by atoms with Crippen LogP contribution in [0.15, 0.2) is 0 Å². The van der Waals surface area contributed by atoms with E-state index in [1.807, 2.05) is 27.8 Å². The summed E-state index contributed by atoms with van der Waals surface area (Å²) in [4.78, 5) is 0. The van der Waals surface area contributed by atoms with E-state index in [1.54, 1.807) is 0 Å². The first-order chi connectivity index (χ1) is 7.24. The van der Waals surface area contributed by atoms with Gasteiger partial charge in [-0.1, -0.05) is 0 Å². The molecule has 0 rings (SSSR count). The molecule has 0 saturated carbocycles. The van der Waals surface area contributed by atoms with Gasteiger partial charge in [0.2, 0.25) is 0 Å². The van der Waals surface area contributed by atoms with E-state index in [0.717, 1.165) is 19.0 Å². The highest BCUT2D eigenvalue weighted by Crippen LogP contribution is 2.17. The second-order valence-corrected chi connectivity index (χ2v) is 5.92. The summed E-state index contributed by atoms with van der Waals surface area (Å²) in [7, 11) is -0.423. The number of hydrogen-bond acceptors (Lipinski definition) is 4. The fraction of sp³-hybridized carbons (Fsp3) is 1.00. The molecule has 100 valence electrons. The van der Waals surface area contributed by atoms with Crippen LogP contribution >= 0.6 is 0 Å². The zero-order valence-corrected chi connectivity index (χ0v) is 11.5. The van der Waals surface area contributed by atoms with Crippen molar-refractivity contribution < 1.29 is 13.3 Å². The second kappa shape index (κ2) is 11.8. The van der Waals surface area contributed by atoms with Gasteiger partial charge in [-0.15, -0.1) is 0 Å². The second-order valence-electron chi connectivity index (χ2n) is 3.19. The molecule has 0 bridgehead atoms. The third-order valence-corrected chi connectivity index (χ3v) is 5.15. The van der Waals surface area contributed by atoms with E-state index < -0.39 is 8.80 Å². The zero-order valence-electron chi connectivity index (χ0n) is 10.5. The Labute approximate surface area is 105 Å². The van der Waals surface area contributed by atoms with Crippen molar-refractivity contribution in [1.29, 1.82) is 0 Å². The number of nitrogens with one attached hydrogen (secondary N) is 1. The molecule has 0 spiro atoms. The van der Waals surface area contributed by atoms with E-state index in [2.05, 4.69) is 5.32 Å². The van der Waals surface area contributed by atoms with E-state index in [-0.39, 0.29) is 11.0 Å². The van der Waals surface area contributed by atoms with Crippen molar-refractivity contribution >= 4 is 19.8 Å². The predicted octanol–water partition coefficient (Wildman–Crippen LogP) is 0.193. The molecule has 0 aliphatic heterocycles. The minimum atomic E-state index is -2.37. The van der Waals surface area contributed by atoms with Crippen molar-refractivity contribution in [2.75, 3.05) is 33.4 Å². The Morgan fingerprint density at radius 1 is 0.938 bits per heavy atom. The molecule has 0 aliphatic carbocycles. The van der Waals surface area contributed by atoms with Crippen molar-refractivity contribution in [1.82, 2.24) is 5.32 Å². The molecular weight excluding hydrogens is 238 g/mol. The maximum atomic E-state index is 5.72. The third-order valence-electron chi connectivity index (χ3n) is 2.00. The quantitative estimate of drug-likeness (QED) is 0.453. The Hall–Kier alpha value is 0.274. The maximum Gasteiger partial charge on any atom is 0.500 e. The lowest BCUT2D eigenvalue weighted by molar-refractivity contribution is 0.0709. The summed E-state index contributed by atoms with van der Waals surface area (Å²) in [5, 5.41) is 3.12. The van der Waals surface area contributed by atoms with Crippen LogP contribution in [0.3, 0.4) is 0 Å². The van der Waals surface area contributed by atoms with Crippen molar-refractivity contribution in [3.63, 3.8) is 0 Å². The number of rotatable bonds is 10. The molecule has 0 saturated heterocycles. The Morgan fingerprint density at radius 3 is 1.69 bits per heavy atom. The summed E-state index contributed by atoms with van der Waals surface area (Å²) in [6.45, 7) is 8.90. The monoisotopic (exact) mass is 267 g/mol. The normalized spacial score (nSPS) is 11.2. The highest BCUT2D eigenvalue weighted by atomic mass is 28.4. The van der Waals surface area contributed by atoms with Gasteiger partial charge < -0.3 is 18.6 Å². The van der Waals surface area contributed by atoms with Crippen molar-refractivity contribution in [2.45, 2.75) is 33.2 Å². The van der Waals surface area contributed by atoms with Crippen molar-refractivity contribution in [2.24, 2.45) is 0 Å². The average Bonchev–Trinajstić information content (AvgIpc) is 2.19. The zero-order chi connectivity index (χ0) is 11.6. The molecule has 0 heterocycles. The highest BCUT2D eigenvalue weighted by Gasteiger charge is 2.39. The van der Waals surface area contributed by atoms with Crippen molar-refractivity contribution in [3.8, 4) is 0 Å². The largest absolute Gasteiger partial charge is 0.500 e. The van der Waals surface area contributed by atoms with Gasteiger partial charge in [0.05, 0.1) is 0 Å². The van der Waals surface area contributed by atoms with Crippen LogP contribution in [0.5, 0.6) is 0 Å². The maximum absolute atomic E-state index is 5.72. The van der Waals surface area contributed by atoms with Crippen LogP contribution in [0.2, 0.25) is 6.04 Å². The average molecular weight is 268 g/mol. The molecule has 0 radical (unpaired) electrons. The van der Waals surface area contributed by atoms with Gasteiger partial charge in [-0.05, 0) is 51.7 Å². The SMILES string of the molecule is CCO[Si](CCCNC)(OCC)OCC.[SiH4]. The molecule has 1 N–H and O–H groups in total. The van der Waals surface area contributed by atoms with Crippen molar-refractivity contribution in [3.05, 3.63) is 0 Å². The van der Waals surface area contributed by atoms with E-state index in [0.29, 0.717) is 19.8 Å². The van der Waals surface area contributed by atoms with Gasteiger partial charge in [0, 0.05) is 25.9 Å². The Bertz CT molecular complexity index is 133. The molecular formula is C10H29NO3Si2. The topological polar surface area (TPSA) is 39.7 Å². The van der Waals surface area contributed by atoms with Crippen LogP contribution in [0.25, 0.3) is 0 Å². The lowest BCUT2D eigenvalue weighted by atomic mass is 10.5. The fourth-order valence-corrected chi connectivity index (χ4v) is 4.10. The molecule has 6 heteroatoms. The van der Waals surface area contributed by atoms with Crippen LogP contribution in [-0.2, 0) is 13.3 Å². The van der Waals surface area contributed by atoms with Crippen LogP contribution in [0.1, 0.15) is 27.2 Å². The van der Waals surface area contributed by atoms with Crippen LogP contribution in [0, 0.1) is 0 Å². The molecule has 0 unspecified atom stereocenters. The standard InChI is InChI=1S/C10H25NO3Si.H4Si/c1-5-12-15(13-6-2,14-7-3)10-8-9-11-4;/h11H,5-10H2,1-4H3;1H4. The smallest absolute Gasteiger partial charge is 0.374 e. The molecule has 0 aromatic rings. The van der Waals surface area contributed by atoms with Gasteiger partial charge in [-0.2, -0.15) is 0 Å². The van der Waals surface area contributed by atoms with E-state index in [1.165, 1.54) is 0 Å². The summed E-state index contributed by atoms with van der Waals surface area (Å²) >= 11 is 0. The summed E-state index contributed by atoms with van der Waals surface area (Å²) < 4.78 is 17.2. The molecule has 0 atom stereocenters. The summed E-state index contributed by atoms with van der Waals surface area (Å²) in [5.74, 6) is 0. The first-order valence-electron chi connectivity index (χ1n) is 5.81. The molecule has 0 aromatic carbocycles. The first kappa shape index (κ1) is 18.6. The fourth-order valence-electron chi connectivity index (χ4n) is 1.48. The Morgan fingerprint density at radius 2 is 1.38 bits per heavy atom. The molecule has 0 amide bonds. The molecule has 16 heavy (non-hydrogen) atoms. The van der Waals surface area contributed by atoms with Gasteiger partial charge in [0.1, 0.15) is 0 Å². The minimum Gasteiger partial charge on any atom is -0.374 e. The van der Waals surface area contributed by atoms with Gasteiger partial charge in [0.15, 0.2) is 0 Å². The van der Waals surface area contributed by atoms with Gasteiger partial charge in [-0.25, -0.2) is 0 Å². The van der Waals surface area contributed by atoms with Gasteiger partial charge in [0.25, 0.3) is 0 Å². The van der Waals surface area contributed by atoms with Crippen LogP contribution in [-0.4, -0.2) is 53.2 Å². The molecule has 4 nitrogen and oxygen atoms in total. The lowest BCUT2D eigenvalue weighted by Crippen LogP contribution is -2.46. The Kier molecular flexibility index (Phi) is 13.7. The first-order valence-corrected chi connectivity index (χ1v) is 7.74. The summed E-state index contributed by atoms with van der Waals surface area (Å²) in [6, 6.07) is 0.892. The number of hydrogen-bond donors (Lipinski definition) is 1. The molecule has 0 aliphatic rings. The Balaban J connectivity index is 0. The lowest BCUT2D eigenvalue weighted by Gasteiger charge is -2.28.